The average Bonchev–Trinajstić information content (AvgIpc) is 2.41. The number of benzene rings is 1. The Bertz CT molecular complexity index is 617. The fraction of sp³-hybridized carbons (Fsp3) is 0.0769. The number of aromatic nitrogens is 1. The molecule has 0 aliphatic heterocycles. The molecule has 0 spiro atoms. The molecule has 0 aliphatic carbocycles. The Morgan fingerprint density at radius 2 is 2.21 bits per heavy atom. The van der Waals surface area contributed by atoms with Crippen molar-refractivity contribution in [3.05, 3.63) is 47.2 Å². The van der Waals surface area contributed by atoms with Crippen LogP contribution in [0.15, 0.2) is 36.7 Å². The van der Waals surface area contributed by atoms with Crippen molar-refractivity contribution in [1.29, 1.82) is 0 Å². The van der Waals surface area contributed by atoms with E-state index in [-0.39, 0.29) is 5.91 Å². The molecule has 2 rings (SSSR count). The second-order valence-electron chi connectivity index (χ2n) is 3.76. The lowest BCUT2D eigenvalue weighted by Gasteiger charge is -2.10. The number of nitrogens with one attached hydrogen (secondary N) is 1. The maximum Gasteiger partial charge on any atom is 0.259 e. The summed E-state index contributed by atoms with van der Waals surface area (Å²) in [4.78, 5) is 16.0. The third-order valence-corrected chi connectivity index (χ3v) is 2.74. The first kappa shape index (κ1) is 13.2. The van der Waals surface area contributed by atoms with Crippen molar-refractivity contribution in [2.24, 2.45) is 0 Å². The summed E-state index contributed by atoms with van der Waals surface area (Å²) in [5, 5.41) is 3.19. The number of ether oxygens (including phenoxy) is 1. The zero-order valence-electron chi connectivity index (χ0n) is 10.2. The van der Waals surface area contributed by atoms with Gasteiger partial charge >= 0.3 is 0 Å². The summed E-state index contributed by atoms with van der Waals surface area (Å²) in [6.07, 6.45) is 3.01. The van der Waals surface area contributed by atoms with Gasteiger partial charge in [-0.2, -0.15) is 0 Å². The highest BCUT2D eigenvalue weighted by Gasteiger charge is 2.13. The predicted molar refractivity (Wildman–Crippen MR) is 74.6 cm³/mol. The molecule has 6 heteroatoms. The first-order valence-electron chi connectivity index (χ1n) is 5.46. The zero-order chi connectivity index (χ0) is 13.8. The number of carbonyl (C=O) groups excluding carboxylic acids is 1. The van der Waals surface area contributed by atoms with Gasteiger partial charge in [0.05, 0.1) is 30.2 Å². The van der Waals surface area contributed by atoms with Crippen LogP contribution in [-0.4, -0.2) is 18.0 Å². The van der Waals surface area contributed by atoms with Gasteiger partial charge in [-0.25, -0.2) is 0 Å². The van der Waals surface area contributed by atoms with E-state index >= 15 is 0 Å². The lowest BCUT2D eigenvalue weighted by atomic mass is 10.2. The molecular weight excluding hydrogens is 266 g/mol. The fourth-order valence-corrected chi connectivity index (χ4v) is 1.72. The third-order valence-electron chi connectivity index (χ3n) is 2.51. The van der Waals surface area contributed by atoms with Gasteiger partial charge in [-0.3, -0.25) is 9.78 Å². The van der Waals surface area contributed by atoms with Crippen LogP contribution in [0.5, 0.6) is 5.75 Å². The average molecular weight is 278 g/mol. The van der Waals surface area contributed by atoms with Gasteiger partial charge < -0.3 is 15.8 Å². The van der Waals surface area contributed by atoms with Crippen LogP contribution < -0.4 is 15.8 Å². The molecule has 0 fully saturated rings. The van der Waals surface area contributed by atoms with Gasteiger partial charge in [-0.05, 0) is 24.3 Å². The SMILES string of the molecule is COc1cc(Cl)ccc1C(=O)Nc1ccncc1N. The number of carbonyl (C=O) groups is 1. The number of amides is 1. The van der Waals surface area contributed by atoms with Gasteiger partial charge in [-0.15, -0.1) is 0 Å². The number of nitrogens with two attached hydrogens (primary N) is 1. The summed E-state index contributed by atoms with van der Waals surface area (Å²) >= 11 is 5.85. The van der Waals surface area contributed by atoms with Crippen molar-refractivity contribution in [3.63, 3.8) is 0 Å². The van der Waals surface area contributed by atoms with Crippen molar-refractivity contribution in [2.75, 3.05) is 18.2 Å². The normalized spacial score (nSPS) is 10.0. The molecule has 0 bridgehead atoms. The number of halogens is 1. The third kappa shape index (κ3) is 2.95. The van der Waals surface area contributed by atoms with E-state index in [0.717, 1.165) is 0 Å². The molecule has 1 aromatic carbocycles. The molecule has 1 heterocycles. The minimum absolute atomic E-state index is 0.327. The molecule has 0 saturated heterocycles. The first-order chi connectivity index (χ1) is 9.11. The highest BCUT2D eigenvalue weighted by Crippen LogP contribution is 2.25. The second-order valence-corrected chi connectivity index (χ2v) is 4.20. The minimum Gasteiger partial charge on any atom is -0.496 e. The van der Waals surface area contributed by atoms with Gasteiger partial charge in [0.2, 0.25) is 0 Å². The number of nitrogens with zero attached hydrogens (tertiary/aromatic N) is 1. The van der Waals surface area contributed by atoms with Crippen LogP contribution >= 0.6 is 11.6 Å². The number of pyridine rings is 1. The van der Waals surface area contributed by atoms with Gasteiger partial charge in [0.25, 0.3) is 5.91 Å². The summed E-state index contributed by atoms with van der Waals surface area (Å²) < 4.78 is 5.13. The molecule has 0 radical (unpaired) electrons. The molecule has 5 nitrogen and oxygen atoms in total. The van der Waals surface area contributed by atoms with E-state index in [1.54, 1.807) is 30.5 Å². The topological polar surface area (TPSA) is 77.2 Å². The number of hydrogen-bond donors (Lipinski definition) is 2. The molecule has 1 amide bonds. The number of methoxy groups -OCH3 is 1. The second kappa shape index (κ2) is 5.58. The van der Waals surface area contributed by atoms with Crippen LogP contribution in [0.2, 0.25) is 5.02 Å². The van der Waals surface area contributed by atoms with Crippen molar-refractivity contribution in [3.8, 4) is 5.75 Å². The maximum absolute atomic E-state index is 12.1. The smallest absolute Gasteiger partial charge is 0.259 e. The Morgan fingerprint density at radius 1 is 1.42 bits per heavy atom. The fourth-order valence-electron chi connectivity index (χ4n) is 1.56. The first-order valence-corrected chi connectivity index (χ1v) is 5.84. The van der Waals surface area contributed by atoms with Crippen molar-refractivity contribution < 1.29 is 9.53 Å². The van der Waals surface area contributed by atoms with Gasteiger partial charge in [0, 0.05) is 11.2 Å². The number of anilines is 2. The molecule has 0 unspecified atom stereocenters. The monoisotopic (exact) mass is 277 g/mol. The van der Waals surface area contributed by atoms with Gasteiger partial charge in [0.15, 0.2) is 0 Å². The summed E-state index contributed by atoms with van der Waals surface area (Å²) in [5.41, 5.74) is 6.98. The molecule has 1 aromatic heterocycles. The van der Waals surface area contributed by atoms with Crippen LogP contribution in [0.3, 0.4) is 0 Å². The van der Waals surface area contributed by atoms with Crippen molar-refractivity contribution in [1.82, 2.24) is 4.98 Å². The highest BCUT2D eigenvalue weighted by atomic mass is 35.5. The van der Waals surface area contributed by atoms with E-state index in [0.29, 0.717) is 27.7 Å². The van der Waals surface area contributed by atoms with Crippen molar-refractivity contribution >= 4 is 28.9 Å². The minimum atomic E-state index is -0.327. The van der Waals surface area contributed by atoms with Crippen LogP contribution in [0.25, 0.3) is 0 Å². The van der Waals surface area contributed by atoms with E-state index in [4.69, 9.17) is 22.1 Å². The lowest BCUT2D eigenvalue weighted by molar-refractivity contribution is 0.102. The van der Waals surface area contributed by atoms with E-state index in [9.17, 15) is 4.79 Å². The highest BCUT2D eigenvalue weighted by molar-refractivity contribution is 6.31. The van der Waals surface area contributed by atoms with Gasteiger partial charge in [0.1, 0.15) is 5.75 Å². The Morgan fingerprint density at radius 3 is 2.89 bits per heavy atom. The lowest BCUT2D eigenvalue weighted by Crippen LogP contribution is -2.14. The quantitative estimate of drug-likeness (QED) is 0.904. The van der Waals surface area contributed by atoms with E-state index in [1.165, 1.54) is 13.3 Å². The van der Waals surface area contributed by atoms with Crippen LogP contribution in [0.1, 0.15) is 10.4 Å². The van der Waals surface area contributed by atoms with Gasteiger partial charge in [-0.1, -0.05) is 11.6 Å². The van der Waals surface area contributed by atoms with E-state index < -0.39 is 0 Å². The van der Waals surface area contributed by atoms with Crippen LogP contribution in [-0.2, 0) is 0 Å². The number of nitrogen functional groups attached to an aromatic ring is 1. The van der Waals surface area contributed by atoms with Crippen LogP contribution in [0.4, 0.5) is 11.4 Å². The Balaban J connectivity index is 2.28. The summed E-state index contributed by atoms with van der Waals surface area (Å²) in [7, 11) is 1.48. The Hall–Kier alpha value is -2.27. The number of hydrogen-bond acceptors (Lipinski definition) is 4. The number of rotatable bonds is 3. The van der Waals surface area contributed by atoms with E-state index in [1.807, 2.05) is 0 Å². The summed E-state index contributed by atoms with van der Waals surface area (Å²) in [6.45, 7) is 0. The van der Waals surface area contributed by atoms with Crippen LogP contribution in [0, 0.1) is 0 Å². The largest absolute Gasteiger partial charge is 0.496 e. The molecule has 2 aromatic rings. The molecule has 98 valence electrons. The predicted octanol–water partition coefficient (Wildman–Crippen LogP) is 2.58. The molecular formula is C13H12ClN3O2. The van der Waals surface area contributed by atoms with E-state index in [2.05, 4.69) is 10.3 Å². The summed E-state index contributed by atoms with van der Waals surface area (Å²) in [5.74, 6) is 0.0732. The molecule has 0 aliphatic rings. The Kier molecular flexibility index (Phi) is 3.87. The molecule has 0 atom stereocenters. The molecule has 19 heavy (non-hydrogen) atoms. The zero-order valence-corrected chi connectivity index (χ0v) is 10.9. The molecule has 0 saturated carbocycles. The van der Waals surface area contributed by atoms with Crippen molar-refractivity contribution in [2.45, 2.75) is 0 Å². The Labute approximate surface area is 115 Å². The standard InChI is InChI=1S/C13H12ClN3O2/c1-19-12-6-8(14)2-3-9(12)13(18)17-11-4-5-16-7-10(11)15/h2-7H,15H2,1H3,(H,16,17,18). The summed E-state index contributed by atoms with van der Waals surface area (Å²) in [6, 6.07) is 6.41. The molecule has 3 N–H and O–H groups in total. The maximum atomic E-state index is 12.1.